The Labute approximate surface area is 97.8 Å². The Bertz CT molecular complexity index is 426. The van der Waals surface area contributed by atoms with Gasteiger partial charge in [-0.15, -0.1) is 0 Å². The van der Waals surface area contributed by atoms with E-state index in [0.717, 1.165) is 25.3 Å². The Kier molecular flexibility index (Phi) is 2.25. The zero-order valence-electron chi connectivity index (χ0n) is 10.1. The SMILES string of the molecule is Bc1cc2c(cc1OC)CCNCC21CC1. The highest BCUT2D eigenvalue weighted by Gasteiger charge is 2.46. The molecule has 2 aliphatic rings. The van der Waals surface area contributed by atoms with E-state index >= 15 is 0 Å². The number of rotatable bonds is 1. The average molecular weight is 215 g/mol. The van der Waals surface area contributed by atoms with Crippen molar-refractivity contribution in [3.05, 3.63) is 23.3 Å². The van der Waals surface area contributed by atoms with Crippen LogP contribution in [0.15, 0.2) is 12.1 Å². The molecule has 0 atom stereocenters. The topological polar surface area (TPSA) is 21.3 Å². The van der Waals surface area contributed by atoms with Crippen molar-refractivity contribution < 1.29 is 4.74 Å². The highest BCUT2D eigenvalue weighted by Crippen LogP contribution is 2.49. The fourth-order valence-electron chi connectivity index (χ4n) is 2.89. The van der Waals surface area contributed by atoms with E-state index in [1.165, 1.54) is 23.9 Å². The van der Waals surface area contributed by atoms with Crippen molar-refractivity contribution in [2.24, 2.45) is 0 Å². The van der Waals surface area contributed by atoms with Crippen molar-refractivity contribution >= 4 is 13.3 Å². The molecule has 0 amide bonds. The molecule has 0 unspecified atom stereocenters. The largest absolute Gasteiger partial charge is 0.497 e. The molecule has 1 aromatic carbocycles. The predicted octanol–water partition coefficient (Wildman–Crippen LogP) is 0.131. The molecule has 1 saturated carbocycles. The van der Waals surface area contributed by atoms with Gasteiger partial charge < -0.3 is 10.1 Å². The van der Waals surface area contributed by atoms with Gasteiger partial charge in [0.25, 0.3) is 0 Å². The third-order valence-corrected chi connectivity index (χ3v) is 4.08. The van der Waals surface area contributed by atoms with Gasteiger partial charge >= 0.3 is 0 Å². The monoisotopic (exact) mass is 215 g/mol. The minimum atomic E-state index is 0.461. The molecule has 0 aromatic heterocycles. The lowest BCUT2D eigenvalue weighted by Crippen LogP contribution is -2.25. The van der Waals surface area contributed by atoms with E-state index in [-0.39, 0.29) is 0 Å². The van der Waals surface area contributed by atoms with Gasteiger partial charge in [-0.05, 0) is 48.5 Å². The first-order valence-electron chi connectivity index (χ1n) is 6.14. The molecular weight excluding hydrogens is 197 g/mol. The van der Waals surface area contributed by atoms with Crippen molar-refractivity contribution in [1.82, 2.24) is 5.32 Å². The summed E-state index contributed by atoms with van der Waals surface area (Å²) in [4.78, 5) is 0. The fraction of sp³-hybridized carbons (Fsp3) is 0.538. The Morgan fingerprint density at radius 3 is 2.88 bits per heavy atom. The lowest BCUT2D eigenvalue weighted by Gasteiger charge is -2.18. The molecule has 1 N–H and O–H groups in total. The van der Waals surface area contributed by atoms with Crippen LogP contribution in [-0.2, 0) is 11.8 Å². The summed E-state index contributed by atoms with van der Waals surface area (Å²) in [6.07, 6.45) is 3.82. The quantitative estimate of drug-likeness (QED) is 0.672. The zero-order chi connectivity index (χ0) is 11.2. The van der Waals surface area contributed by atoms with Crippen LogP contribution in [0.2, 0.25) is 0 Å². The van der Waals surface area contributed by atoms with Crippen LogP contribution in [0.1, 0.15) is 24.0 Å². The summed E-state index contributed by atoms with van der Waals surface area (Å²) >= 11 is 0. The van der Waals surface area contributed by atoms with Crippen molar-refractivity contribution in [3.8, 4) is 5.75 Å². The number of hydrogen-bond donors (Lipinski definition) is 1. The minimum absolute atomic E-state index is 0.461. The maximum atomic E-state index is 5.42. The Hall–Kier alpha value is -0.955. The molecule has 2 nitrogen and oxygen atoms in total. The van der Waals surface area contributed by atoms with E-state index in [0.29, 0.717) is 5.41 Å². The van der Waals surface area contributed by atoms with Crippen molar-refractivity contribution in [2.45, 2.75) is 24.7 Å². The third-order valence-electron chi connectivity index (χ3n) is 4.08. The fourth-order valence-corrected chi connectivity index (χ4v) is 2.89. The molecule has 0 saturated heterocycles. The molecule has 3 rings (SSSR count). The van der Waals surface area contributed by atoms with E-state index in [9.17, 15) is 0 Å². The van der Waals surface area contributed by atoms with Crippen LogP contribution in [0.5, 0.6) is 5.75 Å². The number of nitrogens with one attached hydrogen (secondary N) is 1. The summed E-state index contributed by atoms with van der Waals surface area (Å²) in [5.41, 5.74) is 4.80. The van der Waals surface area contributed by atoms with E-state index in [4.69, 9.17) is 4.74 Å². The molecule has 1 aliphatic carbocycles. The first-order valence-corrected chi connectivity index (χ1v) is 6.14. The Morgan fingerprint density at radius 2 is 2.19 bits per heavy atom. The van der Waals surface area contributed by atoms with E-state index in [2.05, 4.69) is 25.3 Å². The first-order chi connectivity index (χ1) is 7.75. The van der Waals surface area contributed by atoms with Crippen LogP contribution in [0.25, 0.3) is 0 Å². The maximum Gasteiger partial charge on any atom is 0.144 e. The average Bonchev–Trinajstić information content (AvgIpc) is 3.08. The Morgan fingerprint density at radius 1 is 1.38 bits per heavy atom. The molecule has 1 aromatic rings. The van der Waals surface area contributed by atoms with Crippen LogP contribution in [0.4, 0.5) is 0 Å². The van der Waals surface area contributed by atoms with Gasteiger partial charge in [-0.2, -0.15) is 0 Å². The van der Waals surface area contributed by atoms with Crippen molar-refractivity contribution in [2.75, 3.05) is 20.2 Å². The molecule has 1 fully saturated rings. The molecule has 3 heteroatoms. The molecule has 16 heavy (non-hydrogen) atoms. The van der Waals surface area contributed by atoms with Crippen LogP contribution in [-0.4, -0.2) is 28.0 Å². The van der Waals surface area contributed by atoms with E-state index in [1.54, 1.807) is 12.7 Å². The van der Waals surface area contributed by atoms with E-state index in [1.807, 2.05) is 0 Å². The predicted molar refractivity (Wildman–Crippen MR) is 68.7 cm³/mol. The zero-order valence-corrected chi connectivity index (χ0v) is 10.1. The second-order valence-electron chi connectivity index (χ2n) is 5.19. The summed E-state index contributed by atoms with van der Waals surface area (Å²) in [5.74, 6) is 1.04. The highest BCUT2D eigenvalue weighted by atomic mass is 16.5. The standard InChI is InChI=1S/C13H18BNO/c1-16-12-6-9-2-5-15-8-13(3-4-13)10(9)7-11(12)14/h6-7,15H,2-5,8,14H2,1H3. The van der Waals surface area contributed by atoms with Gasteiger partial charge in [0, 0.05) is 12.0 Å². The third kappa shape index (κ3) is 1.46. The van der Waals surface area contributed by atoms with Crippen LogP contribution in [0.3, 0.4) is 0 Å². The molecule has 0 bridgehead atoms. The summed E-state index contributed by atoms with van der Waals surface area (Å²) in [6.45, 7) is 2.26. The number of benzene rings is 1. The number of methoxy groups -OCH3 is 1. The molecule has 1 aliphatic heterocycles. The van der Waals surface area contributed by atoms with Gasteiger partial charge in [0.2, 0.25) is 0 Å². The summed E-state index contributed by atoms with van der Waals surface area (Å²) in [7, 11) is 3.91. The lowest BCUT2D eigenvalue weighted by atomic mass is 9.84. The van der Waals surface area contributed by atoms with Crippen molar-refractivity contribution in [3.63, 3.8) is 0 Å². The van der Waals surface area contributed by atoms with Crippen LogP contribution < -0.4 is 15.5 Å². The molecule has 1 spiro atoms. The second kappa shape index (κ2) is 3.52. The summed E-state index contributed by atoms with van der Waals surface area (Å²) in [6, 6.07) is 4.60. The van der Waals surface area contributed by atoms with Gasteiger partial charge in [-0.25, -0.2) is 0 Å². The van der Waals surface area contributed by atoms with Gasteiger partial charge in [0.1, 0.15) is 13.6 Å². The summed E-state index contributed by atoms with van der Waals surface area (Å²) in [5, 5.41) is 3.56. The first kappa shape index (κ1) is 10.2. The van der Waals surface area contributed by atoms with Crippen LogP contribution in [0, 0.1) is 0 Å². The highest BCUT2D eigenvalue weighted by molar-refractivity contribution is 6.34. The smallest absolute Gasteiger partial charge is 0.144 e. The molecule has 1 heterocycles. The molecule has 84 valence electrons. The van der Waals surface area contributed by atoms with E-state index < -0.39 is 0 Å². The normalized spacial score (nSPS) is 21.3. The molecular formula is C13H18BNO. The van der Waals surface area contributed by atoms with Gasteiger partial charge in [0.15, 0.2) is 0 Å². The van der Waals surface area contributed by atoms with Gasteiger partial charge in [0.05, 0.1) is 7.11 Å². The summed E-state index contributed by atoms with van der Waals surface area (Å²) < 4.78 is 5.42. The lowest BCUT2D eigenvalue weighted by molar-refractivity contribution is 0.417. The van der Waals surface area contributed by atoms with Crippen LogP contribution >= 0.6 is 0 Å². The maximum absolute atomic E-state index is 5.42. The Balaban J connectivity index is 2.12. The number of hydrogen-bond acceptors (Lipinski definition) is 2. The second-order valence-corrected chi connectivity index (χ2v) is 5.19. The molecule has 0 radical (unpaired) electrons. The number of fused-ring (bicyclic) bond motifs is 2. The van der Waals surface area contributed by atoms with Gasteiger partial charge in [-0.3, -0.25) is 0 Å². The van der Waals surface area contributed by atoms with Crippen molar-refractivity contribution in [1.29, 1.82) is 0 Å². The van der Waals surface area contributed by atoms with Gasteiger partial charge in [-0.1, -0.05) is 6.07 Å². The number of ether oxygens (including phenoxy) is 1. The minimum Gasteiger partial charge on any atom is -0.497 e.